The Labute approximate surface area is 208 Å². The maximum absolute atomic E-state index is 13.1. The molecule has 2 fully saturated rings. The van der Waals surface area contributed by atoms with E-state index in [-0.39, 0.29) is 22.6 Å². The number of hydrogen-bond donors (Lipinski definition) is 1. The molecule has 0 aliphatic carbocycles. The number of piperazine rings is 1. The molecule has 0 saturated carbocycles. The van der Waals surface area contributed by atoms with E-state index >= 15 is 0 Å². The topological polar surface area (TPSA) is 99.3 Å². The maximum Gasteiger partial charge on any atom is 0.252 e. The second-order valence-corrected chi connectivity index (χ2v) is 11.9. The van der Waals surface area contributed by atoms with Crippen LogP contribution in [-0.2, 0) is 26.1 Å². The van der Waals surface area contributed by atoms with Crippen LogP contribution in [-0.4, -0.2) is 93.4 Å². The summed E-state index contributed by atoms with van der Waals surface area (Å²) in [4.78, 5) is 29.3. The Bertz CT molecular complexity index is 1110. The lowest BCUT2D eigenvalue weighted by Crippen LogP contribution is -2.52. The standard InChI is InChI=1S/C22H27ClN4O5S2/c23-18-3-1-17(2-4-18)22(29)24-15-19-5-6-21(33-19)34(30,31)27-9-7-25(8-10-27)16-20(28)26-11-13-32-14-12-26/h1-6H,7-16H2,(H,24,29). The first kappa shape index (κ1) is 25.1. The summed E-state index contributed by atoms with van der Waals surface area (Å²) in [6.07, 6.45) is 0. The number of nitrogens with zero attached hydrogens (tertiary/aromatic N) is 3. The number of sulfonamides is 1. The molecule has 4 rings (SSSR count). The first-order valence-corrected chi connectivity index (χ1v) is 13.7. The number of amides is 2. The Morgan fingerprint density at radius 3 is 2.32 bits per heavy atom. The Kier molecular flexibility index (Phi) is 8.22. The van der Waals surface area contributed by atoms with E-state index in [1.54, 1.807) is 41.3 Å². The molecule has 1 N–H and O–H groups in total. The fourth-order valence-electron chi connectivity index (χ4n) is 3.82. The zero-order chi connectivity index (χ0) is 24.1. The van der Waals surface area contributed by atoms with Gasteiger partial charge >= 0.3 is 0 Å². The van der Waals surface area contributed by atoms with Crippen molar-refractivity contribution in [1.82, 2.24) is 19.4 Å². The zero-order valence-corrected chi connectivity index (χ0v) is 21.0. The van der Waals surface area contributed by atoms with Gasteiger partial charge in [0.15, 0.2) is 0 Å². The Morgan fingerprint density at radius 2 is 1.65 bits per heavy atom. The molecule has 2 saturated heterocycles. The molecule has 2 amide bonds. The molecular weight excluding hydrogens is 500 g/mol. The van der Waals surface area contributed by atoms with Crippen LogP contribution >= 0.6 is 22.9 Å². The SMILES string of the molecule is O=C(NCc1ccc(S(=O)(=O)N2CCN(CC(=O)N3CCOCC3)CC2)s1)c1ccc(Cl)cc1. The molecule has 9 nitrogen and oxygen atoms in total. The van der Waals surface area contributed by atoms with Crippen LogP contribution in [0.15, 0.2) is 40.6 Å². The molecule has 3 heterocycles. The lowest BCUT2D eigenvalue weighted by molar-refractivity contribution is -0.136. The molecule has 0 bridgehead atoms. The van der Waals surface area contributed by atoms with Crippen LogP contribution in [0, 0.1) is 0 Å². The van der Waals surface area contributed by atoms with Gasteiger partial charge in [-0.15, -0.1) is 11.3 Å². The fourth-order valence-corrected chi connectivity index (χ4v) is 6.82. The van der Waals surface area contributed by atoms with Gasteiger partial charge in [0.05, 0.1) is 26.3 Å². The lowest BCUT2D eigenvalue weighted by Gasteiger charge is -2.35. The van der Waals surface area contributed by atoms with Gasteiger partial charge in [-0.25, -0.2) is 8.42 Å². The van der Waals surface area contributed by atoms with Crippen molar-refractivity contribution in [1.29, 1.82) is 0 Å². The Balaban J connectivity index is 1.28. The Morgan fingerprint density at radius 1 is 0.971 bits per heavy atom. The van der Waals surface area contributed by atoms with E-state index in [0.717, 1.165) is 16.2 Å². The maximum atomic E-state index is 13.1. The largest absolute Gasteiger partial charge is 0.378 e. The monoisotopic (exact) mass is 526 g/mol. The molecule has 12 heteroatoms. The molecule has 0 spiro atoms. The minimum Gasteiger partial charge on any atom is -0.378 e. The summed E-state index contributed by atoms with van der Waals surface area (Å²) in [6.45, 7) is 4.54. The van der Waals surface area contributed by atoms with E-state index in [2.05, 4.69) is 5.32 Å². The van der Waals surface area contributed by atoms with Crippen LogP contribution < -0.4 is 5.32 Å². The van der Waals surface area contributed by atoms with Gasteiger partial charge in [-0.1, -0.05) is 11.6 Å². The minimum absolute atomic E-state index is 0.0585. The molecule has 184 valence electrons. The highest BCUT2D eigenvalue weighted by molar-refractivity contribution is 7.91. The van der Waals surface area contributed by atoms with Crippen molar-refractivity contribution >= 4 is 44.8 Å². The molecule has 34 heavy (non-hydrogen) atoms. The summed E-state index contributed by atoms with van der Waals surface area (Å²) < 4.78 is 33.2. The van der Waals surface area contributed by atoms with Crippen molar-refractivity contribution in [2.45, 2.75) is 10.8 Å². The zero-order valence-electron chi connectivity index (χ0n) is 18.6. The summed E-state index contributed by atoms with van der Waals surface area (Å²) in [5.41, 5.74) is 0.485. The molecular formula is C22H27ClN4O5S2. The van der Waals surface area contributed by atoms with Crippen molar-refractivity contribution in [3.05, 3.63) is 51.9 Å². The number of halogens is 1. The molecule has 2 aliphatic heterocycles. The number of thiophene rings is 1. The number of rotatable bonds is 7. The third-order valence-corrected chi connectivity index (χ3v) is 9.52. The van der Waals surface area contributed by atoms with E-state index in [9.17, 15) is 18.0 Å². The molecule has 1 aromatic carbocycles. The van der Waals surface area contributed by atoms with Gasteiger partial charge in [0.1, 0.15) is 4.21 Å². The van der Waals surface area contributed by atoms with Gasteiger partial charge in [-0.2, -0.15) is 4.31 Å². The molecule has 0 unspecified atom stereocenters. The summed E-state index contributed by atoms with van der Waals surface area (Å²) in [5, 5.41) is 3.35. The fraction of sp³-hybridized carbons (Fsp3) is 0.455. The smallest absolute Gasteiger partial charge is 0.252 e. The summed E-state index contributed by atoms with van der Waals surface area (Å²) in [6, 6.07) is 9.86. The van der Waals surface area contributed by atoms with Gasteiger partial charge < -0.3 is 15.0 Å². The number of morpholine rings is 1. The molecule has 2 aliphatic rings. The third kappa shape index (κ3) is 6.15. The second-order valence-electron chi connectivity index (χ2n) is 8.08. The van der Waals surface area contributed by atoms with Crippen LogP contribution in [0.3, 0.4) is 0 Å². The average molecular weight is 527 g/mol. The van der Waals surface area contributed by atoms with Crippen molar-refractivity contribution in [2.24, 2.45) is 0 Å². The number of hydrogen-bond acceptors (Lipinski definition) is 7. The highest BCUT2D eigenvalue weighted by atomic mass is 35.5. The van der Waals surface area contributed by atoms with Crippen LogP contribution in [0.5, 0.6) is 0 Å². The van der Waals surface area contributed by atoms with Crippen molar-refractivity contribution in [3.63, 3.8) is 0 Å². The molecule has 0 radical (unpaired) electrons. The molecule has 1 aromatic heterocycles. The average Bonchev–Trinajstić information content (AvgIpc) is 3.34. The number of benzene rings is 1. The second kappa shape index (κ2) is 11.1. The normalized spacial score (nSPS) is 18.1. The van der Waals surface area contributed by atoms with Crippen molar-refractivity contribution in [2.75, 3.05) is 59.0 Å². The number of nitrogens with one attached hydrogen (secondary N) is 1. The van der Waals surface area contributed by atoms with Crippen LogP contribution in [0.25, 0.3) is 0 Å². The van der Waals surface area contributed by atoms with E-state index in [0.29, 0.717) is 69.6 Å². The number of ether oxygens (including phenoxy) is 1. The first-order chi connectivity index (χ1) is 16.3. The number of carbonyl (C=O) groups excluding carboxylic acids is 2. The van der Waals surface area contributed by atoms with Gasteiger partial charge in [0.2, 0.25) is 5.91 Å². The van der Waals surface area contributed by atoms with Crippen LogP contribution in [0.4, 0.5) is 0 Å². The van der Waals surface area contributed by atoms with Gasteiger partial charge in [0.25, 0.3) is 15.9 Å². The van der Waals surface area contributed by atoms with E-state index in [1.165, 1.54) is 4.31 Å². The summed E-state index contributed by atoms with van der Waals surface area (Å²) in [7, 11) is -3.62. The highest BCUT2D eigenvalue weighted by Gasteiger charge is 2.31. The number of carbonyl (C=O) groups is 2. The predicted octanol–water partition coefficient (Wildman–Crippen LogP) is 1.50. The summed E-state index contributed by atoms with van der Waals surface area (Å²) >= 11 is 7.00. The van der Waals surface area contributed by atoms with Gasteiger partial charge in [-0.3, -0.25) is 14.5 Å². The van der Waals surface area contributed by atoms with E-state index < -0.39 is 10.0 Å². The minimum atomic E-state index is -3.62. The molecule has 2 aromatic rings. The highest BCUT2D eigenvalue weighted by Crippen LogP contribution is 2.26. The van der Waals surface area contributed by atoms with Crippen molar-refractivity contribution < 1.29 is 22.7 Å². The van der Waals surface area contributed by atoms with Crippen LogP contribution in [0.1, 0.15) is 15.2 Å². The van der Waals surface area contributed by atoms with Gasteiger partial charge in [0, 0.05) is 54.7 Å². The van der Waals surface area contributed by atoms with Gasteiger partial charge in [-0.05, 0) is 36.4 Å². The summed E-state index contributed by atoms with van der Waals surface area (Å²) in [5.74, 6) is -0.194. The predicted molar refractivity (Wildman–Crippen MR) is 130 cm³/mol. The molecule has 0 atom stereocenters. The first-order valence-electron chi connectivity index (χ1n) is 11.0. The lowest BCUT2D eigenvalue weighted by atomic mass is 10.2. The van der Waals surface area contributed by atoms with E-state index in [1.807, 2.05) is 4.90 Å². The van der Waals surface area contributed by atoms with E-state index in [4.69, 9.17) is 16.3 Å². The van der Waals surface area contributed by atoms with Crippen LogP contribution in [0.2, 0.25) is 5.02 Å². The van der Waals surface area contributed by atoms with Crippen molar-refractivity contribution in [3.8, 4) is 0 Å². The Hall–Kier alpha value is -2.02. The third-order valence-electron chi connectivity index (χ3n) is 5.81. The quantitative estimate of drug-likeness (QED) is 0.587.